The van der Waals surface area contributed by atoms with E-state index in [2.05, 4.69) is 42.0 Å². The maximum Gasteiger partial charge on any atom is 0.158 e. The van der Waals surface area contributed by atoms with E-state index in [4.69, 9.17) is 16.4 Å². The monoisotopic (exact) mass is 336 g/mol. The second-order valence-electron chi connectivity index (χ2n) is 5.24. The highest BCUT2D eigenvalue weighted by atomic mass is 16.5. The van der Waals surface area contributed by atoms with Gasteiger partial charge in [-0.25, -0.2) is 9.97 Å². The molecule has 0 spiro atoms. The fourth-order valence-corrected chi connectivity index (χ4v) is 2.25. The molecule has 0 saturated carbocycles. The molecular formula is C16H16N8O. The first kappa shape index (κ1) is 16.6. The molecule has 1 atom stereocenters. The standard InChI is InChI=1S/C16H16N8O/c1-2-13-14(20-9-12-8-18-3-4-25-12)5-15(24-23-13)22-16-10-19-11(6-17)7-21-16/h1,5,7,10,12,18H,3-4,8-9H2,(H2,20,21,22,24)/t12-/m1/s1. The Morgan fingerprint density at radius 2 is 2.24 bits per heavy atom. The smallest absolute Gasteiger partial charge is 0.158 e. The minimum absolute atomic E-state index is 0.0633. The first-order valence-electron chi connectivity index (χ1n) is 7.68. The summed E-state index contributed by atoms with van der Waals surface area (Å²) in [5.41, 5.74) is 1.33. The van der Waals surface area contributed by atoms with Gasteiger partial charge in [-0.05, 0) is 5.92 Å². The molecule has 25 heavy (non-hydrogen) atoms. The molecule has 2 aromatic rings. The molecule has 0 aromatic carbocycles. The average molecular weight is 336 g/mol. The summed E-state index contributed by atoms with van der Waals surface area (Å²) in [6.45, 7) is 2.93. The van der Waals surface area contributed by atoms with Crippen molar-refractivity contribution >= 4 is 17.3 Å². The fourth-order valence-electron chi connectivity index (χ4n) is 2.25. The highest BCUT2D eigenvalue weighted by molar-refractivity contribution is 5.62. The van der Waals surface area contributed by atoms with Gasteiger partial charge in [0.25, 0.3) is 0 Å². The van der Waals surface area contributed by atoms with E-state index in [1.54, 1.807) is 6.07 Å². The lowest BCUT2D eigenvalue weighted by molar-refractivity contribution is 0.0372. The zero-order chi connectivity index (χ0) is 17.5. The van der Waals surface area contributed by atoms with Gasteiger partial charge in [-0.15, -0.1) is 16.6 Å². The molecular weight excluding hydrogens is 320 g/mol. The van der Waals surface area contributed by atoms with Crippen molar-refractivity contribution in [1.82, 2.24) is 25.5 Å². The molecule has 9 heteroatoms. The van der Waals surface area contributed by atoms with Gasteiger partial charge in [0.05, 0.1) is 30.8 Å². The molecule has 1 aliphatic rings. The molecule has 9 nitrogen and oxygen atoms in total. The van der Waals surface area contributed by atoms with Gasteiger partial charge < -0.3 is 20.7 Å². The fraction of sp³-hybridized carbons (Fsp3) is 0.312. The van der Waals surface area contributed by atoms with Crippen LogP contribution >= 0.6 is 0 Å². The summed E-state index contributed by atoms with van der Waals surface area (Å²) in [6.07, 6.45) is 8.37. The third-order valence-electron chi connectivity index (χ3n) is 3.48. The van der Waals surface area contributed by atoms with Gasteiger partial charge >= 0.3 is 0 Å². The van der Waals surface area contributed by atoms with E-state index >= 15 is 0 Å². The van der Waals surface area contributed by atoms with Crippen LogP contribution in [0.3, 0.4) is 0 Å². The van der Waals surface area contributed by atoms with Crippen LogP contribution < -0.4 is 16.0 Å². The first-order valence-corrected chi connectivity index (χ1v) is 7.68. The maximum atomic E-state index is 8.74. The number of anilines is 3. The number of terminal acetylenes is 1. The van der Waals surface area contributed by atoms with Crippen molar-refractivity contribution < 1.29 is 4.74 Å². The lowest BCUT2D eigenvalue weighted by Gasteiger charge is -2.24. The molecule has 1 saturated heterocycles. The van der Waals surface area contributed by atoms with E-state index in [9.17, 15) is 0 Å². The number of ether oxygens (including phenoxy) is 1. The minimum atomic E-state index is 0.0633. The molecule has 0 unspecified atom stereocenters. The number of nitriles is 1. The molecule has 126 valence electrons. The zero-order valence-corrected chi connectivity index (χ0v) is 13.4. The van der Waals surface area contributed by atoms with E-state index in [-0.39, 0.29) is 11.8 Å². The Morgan fingerprint density at radius 3 is 2.92 bits per heavy atom. The molecule has 0 radical (unpaired) electrons. The summed E-state index contributed by atoms with van der Waals surface area (Å²) in [6, 6.07) is 3.66. The molecule has 1 aliphatic heterocycles. The van der Waals surface area contributed by atoms with Gasteiger partial charge in [0.1, 0.15) is 11.9 Å². The van der Waals surface area contributed by atoms with E-state index in [0.717, 1.165) is 13.1 Å². The Balaban J connectivity index is 1.70. The van der Waals surface area contributed by atoms with Gasteiger partial charge in [-0.1, -0.05) is 0 Å². The third kappa shape index (κ3) is 4.38. The van der Waals surface area contributed by atoms with E-state index in [0.29, 0.717) is 36.2 Å². The van der Waals surface area contributed by atoms with Crippen LogP contribution in [-0.2, 0) is 4.74 Å². The number of nitrogens with one attached hydrogen (secondary N) is 3. The number of aromatic nitrogens is 4. The zero-order valence-electron chi connectivity index (χ0n) is 13.4. The van der Waals surface area contributed by atoms with E-state index in [1.807, 2.05) is 6.07 Å². The van der Waals surface area contributed by atoms with Crippen LogP contribution in [0.1, 0.15) is 11.4 Å². The normalized spacial score (nSPS) is 16.5. The second kappa shape index (κ2) is 8.02. The topological polar surface area (TPSA) is 121 Å². The van der Waals surface area contributed by atoms with Crippen LogP contribution in [0, 0.1) is 23.7 Å². The SMILES string of the molecule is C#Cc1nnc(Nc2cnc(C#N)cn2)cc1NC[C@H]1CNCCO1. The molecule has 0 amide bonds. The highest BCUT2D eigenvalue weighted by Crippen LogP contribution is 2.18. The van der Waals surface area contributed by atoms with Crippen LogP contribution in [0.5, 0.6) is 0 Å². The predicted octanol–water partition coefficient (Wildman–Crippen LogP) is 0.263. The van der Waals surface area contributed by atoms with Crippen LogP contribution in [-0.4, -0.2) is 52.5 Å². The quantitative estimate of drug-likeness (QED) is 0.660. The Bertz CT molecular complexity index is 802. The Labute approximate surface area is 144 Å². The van der Waals surface area contributed by atoms with Crippen molar-refractivity contribution in [3.63, 3.8) is 0 Å². The highest BCUT2D eigenvalue weighted by Gasteiger charge is 2.14. The minimum Gasteiger partial charge on any atom is -0.380 e. The predicted molar refractivity (Wildman–Crippen MR) is 91.1 cm³/mol. The van der Waals surface area contributed by atoms with Gasteiger partial charge in [0.2, 0.25) is 0 Å². The van der Waals surface area contributed by atoms with Crippen molar-refractivity contribution in [3.05, 3.63) is 29.8 Å². The molecule has 2 aromatic heterocycles. The van der Waals surface area contributed by atoms with Crippen molar-refractivity contribution in [2.75, 3.05) is 36.9 Å². The van der Waals surface area contributed by atoms with Crippen LogP contribution in [0.15, 0.2) is 18.5 Å². The summed E-state index contributed by atoms with van der Waals surface area (Å²) in [5.74, 6) is 3.42. The van der Waals surface area contributed by atoms with Crippen LogP contribution in [0.2, 0.25) is 0 Å². The summed E-state index contributed by atoms with van der Waals surface area (Å²) >= 11 is 0. The molecule has 0 bridgehead atoms. The molecule has 3 N–H and O–H groups in total. The van der Waals surface area contributed by atoms with Gasteiger partial charge in [-0.2, -0.15) is 5.26 Å². The summed E-state index contributed by atoms with van der Waals surface area (Å²) < 4.78 is 5.65. The molecule has 0 aliphatic carbocycles. The van der Waals surface area contributed by atoms with Crippen molar-refractivity contribution in [2.24, 2.45) is 0 Å². The van der Waals surface area contributed by atoms with Crippen molar-refractivity contribution in [3.8, 4) is 18.4 Å². The first-order chi connectivity index (χ1) is 12.3. The molecule has 3 rings (SSSR count). The lowest BCUT2D eigenvalue weighted by atomic mass is 10.2. The summed E-state index contributed by atoms with van der Waals surface area (Å²) in [5, 5.41) is 26.3. The molecule has 3 heterocycles. The van der Waals surface area contributed by atoms with Gasteiger partial charge in [0, 0.05) is 25.7 Å². The average Bonchev–Trinajstić information content (AvgIpc) is 2.68. The van der Waals surface area contributed by atoms with E-state index in [1.165, 1.54) is 12.4 Å². The Hall–Kier alpha value is -3.27. The van der Waals surface area contributed by atoms with Gasteiger partial charge in [0.15, 0.2) is 17.2 Å². The maximum absolute atomic E-state index is 8.74. The van der Waals surface area contributed by atoms with Crippen LogP contribution in [0.4, 0.5) is 17.3 Å². The number of morpholine rings is 1. The number of hydrogen-bond acceptors (Lipinski definition) is 9. The second-order valence-corrected chi connectivity index (χ2v) is 5.24. The van der Waals surface area contributed by atoms with Crippen LogP contribution in [0.25, 0.3) is 0 Å². The van der Waals surface area contributed by atoms with Crippen molar-refractivity contribution in [2.45, 2.75) is 6.10 Å². The summed E-state index contributed by atoms with van der Waals surface area (Å²) in [7, 11) is 0. The Morgan fingerprint density at radius 1 is 1.32 bits per heavy atom. The third-order valence-corrected chi connectivity index (χ3v) is 3.48. The Kier molecular flexibility index (Phi) is 5.32. The van der Waals surface area contributed by atoms with Gasteiger partial charge in [-0.3, -0.25) is 0 Å². The number of rotatable bonds is 5. The molecule has 1 fully saturated rings. The van der Waals surface area contributed by atoms with E-state index < -0.39 is 0 Å². The largest absolute Gasteiger partial charge is 0.380 e. The van der Waals surface area contributed by atoms with Crippen molar-refractivity contribution in [1.29, 1.82) is 5.26 Å². The lowest BCUT2D eigenvalue weighted by Crippen LogP contribution is -2.42. The summed E-state index contributed by atoms with van der Waals surface area (Å²) in [4.78, 5) is 8.02. The number of hydrogen-bond donors (Lipinski definition) is 3. The number of nitrogens with zero attached hydrogens (tertiary/aromatic N) is 5.